The van der Waals surface area contributed by atoms with Crippen molar-refractivity contribution in [1.29, 1.82) is 0 Å². The van der Waals surface area contributed by atoms with Gasteiger partial charge in [0.05, 0.1) is 31.0 Å². The quantitative estimate of drug-likeness (QED) is 0.144. The Kier molecular flexibility index (Phi) is 6.41. The van der Waals surface area contributed by atoms with Gasteiger partial charge in [-0.3, -0.25) is 0 Å². The summed E-state index contributed by atoms with van der Waals surface area (Å²) in [5.74, 6) is -0.363. The molecule has 1 atom stereocenters. The number of thiophene rings is 6. The molecule has 0 bridgehead atoms. The van der Waals surface area contributed by atoms with E-state index in [0.29, 0.717) is 17.7 Å². The Morgan fingerprint density at radius 3 is 1.95 bits per heavy atom. The van der Waals surface area contributed by atoms with Crippen LogP contribution in [-0.2, 0) is 9.47 Å². The van der Waals surface area contributed by atoms with Crippen LogP contribution in [0.5, 0.6) is 0 Å². The van der Waals surface area contributed by atoms with Gasteiger partial charge in [0.25, 0.3) is 0 Å². The highest BCUT2D eigenvalue weighted by Gasteiger charge is 2.25. The Hall–Kier alpha value is -2.15. The highest BCUT2D eigenvalue weighted by Crippen LogP contribution is 2.49. The molecule has 4 nitrogen and oxygen atoms in total. The number of carbonyl (C=O) groups is 1. The minimum absolute atomic E-state index is 0.289. The molecule has 38 heavy (non-hydrogen) atoms. The van der Waals surface area contributed by atoms with Crippen molar-refractivity contribution >= 4 is 112 Å². The van der Waals surface area contributed by atoms with Gasteiger partial charge in [-0.05, 0) is 61.0 Å². The summed E-state index contributed by atoms with van der Waals surface area (Å²) in [6, 6.07) is 12.4. The molecule has 7 rings (SSSR count). The molecular weight excluding hydrogens is 593 g/mol. The van der Waals surface area contributed by atoms with Gasteiger partial charge >= 0.3 is 5.97 Å². The minimum atomic E-state index is -1.11. The molecule has 6 heterocycles. The first-order valence-corrected chi connectivity index (χ1v) is 17.0. The number of fused-ring (bicyclic) bond motifs is 6. The van der Waals surface area contributed by atoms with E-state index in [0.717, 1.165) is 20.9 Å². The van der Waals surface area contributed by atoms with Gasteiger partial charge in [-0.15, -0.1) is 68.0 Å². The first-order valence-electron chi connectivity index (χ1n) is 12.0. The standard InChI is InChI=1S/C28H20O4S6/c1-3-31-27(29)15-9-14(20-12-22-26(38-20)24-18(36-22)6-8-34-24)16(28(30)32-4-2)10-13(15)19-11-21-25(37-19)23-17(35-21)5-7-33-23/h5-12,27,29H,3-4H2,1-2H3. The van der Waals surface area contributed by atoms with Gasteiger partial charge in [0.1, 0.15) is 0 Å². The molecule has 192 valence electrons. The number of aliphatic hydroxyl groups is 1. The van der Waals surface area contributed by atoms with Crippen molar-refractivity contribution < 1.29 is 19.4 Å². The lowest BCUT2D eigenvalue weighted by atomic mass is 9.95. The number of rotatable bonds is 7. The first kappa shape index (κ1) is 24.9. The molecule has 0 radical (unpaired) electrons. The number of hydrogen-bond donors (Lipinski definition) is 1. The van der Waals surface area contributed by atoms with Crippen molar-refractivity contribution in [2.45, 2.75) is 20.1 Å². The third kappa shape index (κ3) is 3.98. The van der Waals surface area contributed by atoms with Crippen LogP contribution in [0.3, 0.4) is 0 Å². The van der Waals surface area contributed by atoms with Crippen LogP contribution in [0.4, 0.5) is 0 Å². The average Bonchev–Trinajstić information content (AvgIpc) is 3.71. The second kappa shape index (κ2) is 9.79. The van der Waals surface area contributed by atoms with Crippen LogP contribution in [0.25, 0.3) is 58.5 Å². The molecule has 10 heteroatoms. The summed E-state index contributed by atoms with van der Waals surface area (Å²) in [6.07, 6.45) is -1.11. The molecule has 7 aromatic rings. The van der Waals surface area contributed by atoms with Gasteiger partial charge in [0.15, 0.2) is 6.29 Å². The van der Waals surface area contributed by atoms with Gasteiger partial charge in [0, 0.05) is 51.9 Å². The molecule has 6 aromatic heterocycles. The molecule has 0 aliphatic carbocycles. The monoisotopic (exact) mass is 612 g/mol. The van der Waals surface area contributed by atoms with Crippen molar-refractivity contribution in [1.82, 2.24) is 0 Å². The topological polar surface area (TPSA) is 55.8 Å². The SMILES string of the molecule is CCOC(=O)c1cc(-c2cc3sc4ccsc4c3s2)c(C(O)OCC)cc1-c1cc2sc3ccsc3c2s1. The van der Waals surface area contributed by atoms with E-state index in [1.807, 2.05) is 26.0 Å². The lowest BCUT2D eigenvalue weighted by Crippen LogP contribution is -2.10. The Labute approximate surface area is 241 Å². The zero-order valence-electron chi connectivity index (χ0n) is 20.2. The Bertz CT molecular complexity index is 1960. The maximum atomic E-state index is 13.3. The lowest BCUT2D eigenvalue weighted by molar-refractivity contribution is -0.0975. The van der Waals surface area contributed by atoms with Crippen molar-refractivity contribution in [3.8, 4) is 20.9 Å². The third-order valence-corrected chi connectivity index (χ3v) is 13.5. The fourth-order valence-corrected chi connectivity index (χ4v) is 12.3. The van der Waals surface area contributed by atoms with Crippen LogP contribution >= 0.6 is 68.0 Å². The largest absolute Gasteiger partial charge is 0.462 e. The molecule has 0 amide bonds. The van der Waals surface area contributed by atoms with Crippen LogP contribution in [0.15, 0.2) is 47.2 Å². The molecule has 0 fully saturated rings. The molecule has 1 aromatic carbocycles. The summed E-state index contributed by atoms with van der Waals surface area (Å²) in [6.45, 7) is 4.35. The molecule has 1 N–H and O–H groups in total. The molecular formula is C28H20O4S6. The maximum Gasteiger partial charge on any atom is 0.338 e. The smallest absolute Gasteiger partial charge is 0.338 e. The first-order chi connectivity index (χ1) is 18.6. The number of ether oxygens (including phenoxy) is 2. The fourth-order valence-electron chi connectivity index (χ4n) is 4.67. The number of hydrogen-bond acceptors (Lipinski definition) is 10. The average molecular weight is 613 g/mol. The minimum Gasteiger partial charge on any atom is -0.462 e. The number of benzene rings is 1. The summed E-state index contributed by atoms with van der Waals surface area (Å²) in [5.41, 5.74) is 2.72. The fraction of sp³-hybridized carbons (Fsp3) is 0.179. The summed E-state index contributed by atoms with van der Waals surface area (Å²) >= 11 is 10.4. The van der Waals surface area contributed by atoms with E-state index >= 15 is 0 Å². The van der Waals surface area contributed by atoms with E-state index < -0.39 is 6.29 Å². The summed E-state index contributed by atoms with van der Waals surface area (Å²) in [5, 5.41) is 15.4. The predicted octanol–water partition coefficient (Wildman–Crippen LogP) is 10.2. The van der Waals surface area contributed by atoms with Gasteiger partial charge in [-0.1, -0.05) is 0 Å². The van der Waals surface area contributed by atoms with E-state index in [1.165, 1.54) is 37.6 Å². The second-order valence-electron chi connectivity index (χ2n) is 8.55. The van der Waals surface area contributed by atoms with Crippen molar-refractivity contribution in [2.75, 3.05) is 13.2 Å². The molecule has 0 saturated carbocycles. The Balaban J connectivity index is 1.46. The summed E-state index contributed by atoms with van der Waals surface area (Å²) in [4.78, 5) is 15.3. The van der Waals surface area contributed by atoms with Gasteiger partial charge in [-0.25, -0.2) is 4.79 Å². The highest BCUT2D eigenvalue weighted by atomic mass is 32.1. The molecule has 1 unspecified atom stereocenters. The number of aliphatic hydroxyl groups excluding tert-OH is 1. The second-order valence-corrected chi connectivity index (χ2v) is 14.7. The summed E-state index contributed by atoms with van der Waals surface area (Å²) in [7, 11) is 0. The molecule has 0 aliphatic heterocycles. The number of esters is 1. The van der Waals surface area contributed by atoms with Crippen LogP contribution in [-0.4, -0.2) is 24.3 Å². The summed E-state index contributed by atoms with van der Waals surface area (Å²) < 4.78 is 21.2. The number of carbonyl (C=O) groups excluding carboxylic acids is 1. The van der Waals surface area contributed by atoms with Gasteiger partial charge in [-0.2, -0.15) is 0 Å². The molecule has 0 aliphatic rings. The highest BCUT2D eigenvalue weighted by molar-refractivity contribution is 7.39. The molecule has 0 spiro atoms. The van der Waals surface area contributed by atoms with Crippen LogP contribution in [0, 0.1) is 0 Å². The van der Waals surface area contributed by atoms with E-state index in [9.17, 15) is 9.90 Å². The van der Waals surface area contributed by atoms with E-state index in [2.05, 4.69) is 35.0 Å². The zero-order valence-corrected chi connectivity index (χ0v) is 25.1. The lowest BCUT2D eigenvalue weighted by Gasteiger charge is -2.18. The van der Waals surface area contributed by atoms with E-state index in [4.69, 9.17) is 9.47 Å². The maximum absolute atomic E-state index is 13.3. The normalized spacial score (nSPS) is 12.9. The van der Waals surface area contributed by atoms with Crippen molar-refractivity contribution in [3.05, 3.63) is 58.3 Å². The van der Waals surface area contributed by atoms with E-state index in [-0.39, 0.29) is 12.6 Å². The van der Waals surface area contributed by atoms with Gasteiger partial charge in [0.2, 0.25) is 0 Å². The van der Waals surface area contributed by atoms with Crippen LogP contribution in [0.2, 0.25) is 0 Å². The third-order valence-electron chi connectivity index (χ3n) is 6.31. The van der Waals surface area contributed by atoms with Crippen LogP contribution in [0.1, 0.15) is 36.1 Å². The Morgan fingerprint density at radius 2 is 1.37 bits per heavy atom. The van der Waals surface area contributed by atoms with Crippen molar-refractivity contribution in [2.24, 2.45) is 0 Å². The Morgan fingerprint density at radius 1 is 0.763 bits per heavy atom. The van der Waals surface area contributed by atoms with Gasteiger partial charge < -0.3 is 14.6 Å². The zero-order chi connectivity index (χ0) is 26.0. The predicted molar refractivity (Wildman–Crippen MR) is 167 cm³/mol. The molecule has 0 saturated heterocycles. The van der Waals surface area contributed by atoms with Crippen LogP contribution < -0.4 is 0 Å². The van der Waals surface area contributed by atoms with E-state index in [1.54, 1.807) is 68.0 Å². The van der Waals surface area contributed by atoms with Crippen molar-refractivity contribution in [3.63, 3.8) is 0 Å².